The molecular weight excluding hydrogens is 280 g/mol. The number of methoxy groups -OCH3 is 1. The largest absolute Gasteiger partial charge is 0.469 e. The van der Waals surface area contributed by atoms with Crippen molar-refractivity contribution in [3.8, 4) is 12.1 Å². The summed E-state index contributed by atoms with van der Waals surface area (Å²) in [6.07, 6.45) is 3.73. The van der Waals surface area contributed by atoms with Gasteiger partial charge >= 0.3 is 5.97 Å². The first kappa shape index (κ1) is 17.9. The van der Waals surface area contributed by atoms with E-state index in [0.717, 1.165) is 5.69 Å². The van der Waals surface area contributed by atoms with Gasteiger partial charge in [0.2, 0.25) is 0 Å². The number of aromatic nitrogens is 2. The third-order valence-electron chi connectivity index (χ3n) is 3.37. The third kappa shape index (κ3) is 3.28. The number of hydrogen-bond donors (Lipinski definition) is 0. The van der Waals surface area contributed by atoms with E-state index in [4.69, 9.17) is 4.74 Å². The molecule has 1 aromatic heterocycles. The summed E-state index contributed by atoms with van der Waals surface area (Å²) in [5, 5.41) is 18.6. The number of ether oxygens (including phenoxy) is 1. The van der Waals surface area contributed by atoms with Crippen molar-refractivity contribution in [2.24, 2.45) is 18.4 Å². The first-order valence-electron chi connectivity index (χ1n) is 5.90. The molecule has 1 atom stereocenters. The Bertz CT molecular complexity index is 527. The lowest BCUT2D eigenvalue weighted by Crippen LogP contribution is -2.36. The zero-order valence-electron chi connectivity index (χ0n) is 11.7. The normalized spacial score (nSPS) is 11.7. The Morgan fingerprint density at radius 1 is 1.55 bits per heavy atom. The average molecular weight is 297 g/mol. The number of aryl methyl sites for hydroxylation is 1. The fourth-order valence-corrected chi connectivity index (χ4v) is 1.98. The first-order chi connectivity index (χ1) is 9.04. The van der Waals surface area contributed by atoms with Crippen molar-refractivity contribution in [2.45, 2.75) is 19.8 Å². The highest BCUT2D eigenvalue weighted by atomic mass is 35.5. The number of esters is 1. The Labute approximate surface area is 124 Å². The van der Waals surface area contributed by atoms with Crippen molar-refractivity contribution in [3.63, 3.8) is 0 Å². The van der Waals surface area contributed by atoms with Gasteiger partial charge in [0, 0.05) is 25.4 Å². The molecule has 0 fully saturated rings. The lowest BCUT2D eigenvalue weighted by atomic mass is 9.73. The molecule has 0 spiro atoms. The molecule has 0 aliphatic rings. The number of imidazole rings is 1. The van der Waals surface area contributed by atoms with E-state index in [9.17, 15) is 15.3 Å². The summed E-state index contributed by atoms with van der Waals surface area (Å²) < 4.78 is 6.50. The second-order valence-electron chi connectivity index (χ2n) is 4.32. The summed E-state index contributed by atoms with van der Waals surface area (Å²) in [4.78, 5) is 15.9. The molecule has 0 aliphatic carbocycles. The van der Waals surface area contributed by atoms with Crippen molar-refractivity contribution in [1.82, 2.24) is 9.55 Å². The van der Waals surface area contributed by atoms with Crippen LogP contribution in [0.5, 0.6) is 0 Å². The third-order valence-corrected chi connectivity index (χ3v) is 3.37. The topological polar surface area (TPSA) is 91.7 Å². The molecule has 0 saturated heterocycles. The SMILES string of the molecule is CCC(C#N)(C#N)C(Cc1cncn1C)C(=O)OC.Cl. The van der Waals surface area contributed by atoms with Crippen molar-refractivity contribution < 1.29 is 9.53 Å². The van der Waals surface area contributed by atoms with Gasteiger partial charge in [0.05, 0.1) is 31.5 Å². The van der Waals surface area contributed by atoms with Crippen LogP contribution in [-0.4, -0.2) is 22.6 Å². The van der Waals surface area contributed by atoms with Crippen LogP contribution in [-0.2, 0) is 23.0 Å². The van der Waals surface area contributed by atoms with Gasteiger partial charge in [0.15, 0.2) is 5.41 Å². The Morgan fingerprint density at radius 2 is 2.15 bits per heavy atom. The van der Waals surface area contributed by atoms with Crippen LogP contribution in [0.25, 0.3) is 0 Å². The Hall–Kier alpha value is -2.05. The van der Waals surface area contributed by atoms with Gasteiger partial charge < -0.3 is 9.30 Å². The van der Waals surface area contributed by atoms with Gasteiger partial charge in [-0.25, -0.2) is 4.98 Å². The maximum atomic E-state index is 11.9. The summed E-state index contributed by atoms with van der Waals surface area (Å²) in [7, 11) is 3.05. The molecule has 1 unspecified atom stereocenters. The van der Waals surface area contributed by atoms with Crippen molar-refractivity contribution in [2.75, 3.05) is 7.11 Å². The molecule has 1 heterocycles. The maximum absolute atomic E-state index is 11.9. The standard InChI is InChI=1S/C13H16N4O2.ClH/c1-4-13(7-14,8-15)11(12(18)19-3)5-10-6-16-9-17(10)2;/h6,9,11H,4-5H2,1-3H3;1H. The van der Waals surface area contributed by atoms with Crippen LogP contribution >= 0.6 is 12.4 Å². The van der Waals surface area contributed by atoms with E-state index >= 15 is 0 Å². The monoisotopic (exact) mass is 296 g/mol. The number of nitriles is 2. The fraction of sp³-hybridized carbons (Fsp3) is 0.538. The first-order valence-corrected chi connectivity index (χ1v) is 5.90. The fourth-order valence-electron chi connectivity index (χ4n) is 1.98. The zero-order valence-corrected chi connectivity index (χ0v) is 12.5. The van der Waals surface area contributed by atoms with Gasteiger partial charge in [-0.3, -0.25) is 4.79 Å². The molecule has 0 saturated carbocycles. The molecule has 0 N–H and O–H groups in total. The van der Waals surface area contributed by atoms with Gasteiger partial charge in [-0.05, 0) is 6.42 Å². The number of hydrogen-bond acceptors (Lipinski definition) is 5. The summed E-state index contributed by atoms with van der Waals surface area (Å²) in [5.74, 6) is -1.38. The van der Waals surface area contributed by atoms with E-state index in [1.807, 2.05) is 12.1 Å². The molecule has 108 valence electrons. The molecule has 0 radical (unpaired) electrons. The lowest BCUT2D eigenvalue weighted by Gasteiger charge is -2.25. The molecule has 1 rings (SSSR count). The Balaban J connectivity index is 0.00000361. The average Bonchev–Trinajstić information content (AvgIpc) is 2.84. The van der Waals surface area contributed by atoms with Crippen LogP contribution < -0.4 is 0 Å². The molecule has 1 aromatic rings. The van der Waals surface area contributed by atoms with Gasteiger partial charge in [0.1, 0.15) is 0 Å². The van der Waals surface area contributed by atoms with Gasteiger partial charge in [-0.15, -0.1) is 12.4 Å². The zero-order chi connectivity index (χ0) is 14.5. The molecule has 0 amide bonds. The highest BCUT2D eigenvalue weighted by molar-refractivity contribution is 5.85. The second kappa shape index (κ2) is 7.52. The second-order valence-corrected chi connectivity index (χ2v) is 4.32. The molecule has 7 heteroatoms. The summed E-state index contributed by atoms with van der Waals surface area (Å²) >= 11 is 0. The number of nitrogens with zero attached hydrogens (tertiary/aromatic N) is 4. The molecule has 0 aliphatic heterocycles. The maximum Gasteiger partial charge on any atom is 0.311 e. The minimum Gasteiger partial charge on any atom is -0.469 e. The van der Waals surface area contributed by atoms with Crippen LogP contribution in [0, 0.1) is 34.0 Å². The van der Waals surface area contributed by atoms with E-state index in [-0.39, 0.29) is 25.2 Å². The minimum absolute atomic E-state index is 0. The van der Waals surface area contributed by atoms with Gasteiger partial charge in [0.25, 0.3) is 0 Å². The highest BCUT2D eigenvalue weighted by Crippen LogP contribution is 2.33. The quantitative estimate of drug-likeness (QED) is 0.770. The Kier molecular flexibility index (Phi) is 6.75. The summed E-state index contributed by atoms with van der Waals surface area (Å²) in [6, 6.07) is 3.94. The van der Waals surface area contributed by atoms with E-state index in [1.54, 1.807) is 31.1 Å². The molecular formula is C13H17ClN4O2. The Morgan fingerprint density at radius 3 is 2.50 bits per heavy atom. The minimum atomic E-state index is -1.38. The van der Waals surface area contributed by atoms with E-state index < -0.39 is 17.3 Å². The van der Waals surface area contributed by atoms with Crippen LogP contribution in [0.2, 0.25) is 0 Å². The smallest absolute Gasteiger partial charge is 0.311 e. The highest BCUT2D eigenvalue weighted by Gasteiger charge is 2.44. The van der Waals surface area contributed by atoms with Crippen molar-refractivity contribution in [3.05, 3.63) is 18.2 Å². The van der Waals surface area contributed by atoms with Crippen molar-refractivity contribution in [1.29, 1.82) is 10.5 Å². The van der Waals surface area contributed by atoms with Crippen LogP contribution in [0.4, 0.5) is 0 Å². The predicted octanol–water partition coefficient (Wildman–Crippen LogP) is 1.62. The lowest BCUT2D eigenvalue weighted by molar-refractivity contribution is -0.148. The number of carbonyl (C=O) groups is 1. The predicted molar refractivity (Wildman–Crippen MR) is 73.6 cm³/mol. The summed E-state index contributed by atoms with van der Waals surface area (Å²) in [6.45, 7) is 1.71. The molecule has 20 heavy (non-hydrogen) atoms. The molecule has 0 bridgehead atoms. The van der Waals surface area contributed by atoms with E-state index in [2.05, 4.69) is 4.98 Å². The molecule has 0 aromatic carbocycles. The van der Waals surface area contributed by atoms with Crippen LogP contribution in [0.15, 0.2) is 12.5 Å². The van der Waals surface area contributed by atoms with Crippen LogP contribution in [0.1, 0.15) is 19.0 Å². The number of carbonyl (C=O) groups excluding carboxylic acids is 1. The number of halogens is 1. The molecule has 6 nitrogen and oxygen atoms in total. The van der Waals surface area contributed by atoms with Gasteiger partial charge in [-0.2, -0.15) is 10.5 Å². The van der Waals surface area contributed by atoms with E-state index in [0.29, 0.717) is 0 Å². The van der Waals surface area contributed by atoms with E-state index in [1.165, 1.54) is 7.11 Å². The van der Waals surface area contributed by atoms with Crippen LogP contribution in [0.3, 0.4) is 0 Å². The summed E-state index contributed by atoms with van der Waals surface area (Å²) in [5.41, 5.74) is -0.601. The number of rotatable bonds is 5. The van der Waals surface area contributed by atoms with Gasteiger partial charge in [-0.1, -0.05) is 6.92 Å². The van der Waals surface area contributed by atoms with Crippen molar-refractivity contribution >= 4 is 18.4 Å².